The molecule has 36 heavy (non-hydrogen) atoms. The fourth-order valence-electron chi connectivity index (χ4n) is 3.68. The van der Waals surface area contributed by atoms with E-state index in [0.29, 0.717) is 35.1 Å². The molecule has 0 fully saturated rings. The summed E-state index contributed by atoms with van der Waals surface area (Å²) in [6, 6.07) is 3.44. The molecule has 0 atom stereocenters. The molecule has 1 amide bonds. The summed E-state index contributed by atoms with van der Waals surface area (Å²) in [4.78, 5) is 15.3. The molecule has 14 heteroatoms. The molecule has 2 heterocycles. The fourth-order valence-corrected chi connectivity index (χ4v) is 3.68. The Labute approximate surface area is 208 Å². The highest BCUT2D eigenvalue weighted by atomic mass is 16.6. The molecule has 194 valence electrons. The molecule has 0 saturated carbocycles. The third kappa shape index (κ3) is 5.71. The molecule has 0 aliphatic carbocycles. The number of rotatable bonds is 13. The maximum Gasteiger partial charge on any atom is 0.293 e. The molecule has 2 aromatic heterocycles. The average Bonchev–Trinajstić information content (AvgIpc) is 3.49. The Morgan fingerprint density at radius 1 is 1.14 bits per heavy atom. The molecule has 3 aromatic rings. The Morgan fingerprint density at radius 2 is 1.86 bits per heavy atom. The van der Waals surface area contributed by atoms with Crippen molar-refractivity contribution in [3.8, 4) is 23.1 Å². The Kier molecular flexibility index (Phi) is 9.16. The number of carbonyl (C=O) groups excluding carboxylic acids is 1. The van der Waals surface area contributed by atoms with Gasteiger partial charge in [0.1, 0.15) is 0 Å². The van der Waals surface area contributed by atoms with Crippen LogP contribution < -0.4 is 25.4 Å². The molecule has 0 bridgehead atoms. The predicted octanol–water partition coefficient (Wildman–Crippen LogP) is 1.64. The zero-order valence-electron chi connectivity index (χ0n) is 21.0. The second-order valence-electron chi connectivity index (χ2n) is 7.67. The molecule has 1 aromatic carbocycles. The number of nitrogens with zero attached hydrogens (tertiary/aromatic N) is 7. The third-order valence-corrected chi connectivity index (χ3v) is 5.23. The van der Waals surface area contributed by atoms with Gasteiger partial charge in [0.15, 0.2) is 17.2 Å². The highest BCUT2D eigenvalue weighted by Gasteiger charge is 2.25. The van der Waals surface area contributed by atoms with Crippen LogP contribution in [0.15, 0.2) is 21.9 Å². The van der Waals surface area contributed by atoms with Crippen molar-refractivity contribution in [2.24, 2.45) is 5.10 Å². The van der Waals surface area contributed by atoms with Crippen molar-refractivity contribution in [3.05, 3.63) is 29.1 Å². The lowest BCUT2D eigenvalue weighted by molar-refractivity contribution is 0.0947. The lowest BCUT2D eigenvalue weighted by atomic mass is 10.2. The number of nitrogen functional groups attached to an aromatic ring is 1. The number of nitrogens with one attached hydrogen (secondary N) is 1. The molecule has 0 spiro atoms. The van der Waals surface area contributed by atoms with Crippen LogP contribution >= 0.6 is 0 Å². The molecule has 3 rings (SSSR count). The zero-order chi connectivity index (χ0) is 26.1. The summed E-state index contributed by atoms with van der Waals surface area (Å²) >= 11 is 0. The number of hydrazone groups is 1. The summed E-state index contributed by atoms with van der Waals surface area (Å²) in [6.07, 6.45) is 3.31. The number of hydrogen-bond acceptors (Lipinski definition) is 12. The van der Waals surface area contributed by atoms with E-state index >= 15 is 0 Å². The molecular formula is C22H31N9O5. The predicted molar refractivity (Wildman–Crippen MR) is 131 cm³/mol. The third-order valence-electron chi connectivity index (χ3n) is 5.23. The van der Waals surface area contributed by atoms with E-state index in [4.69, 9.17) is 24.6 Å². The van der Waals surface area contributed by atoms with Crippen molar-refractivity contribution < 1.29 is 23.6 Å². The van der Waals surface area contributed by atoms with E-state index < -0.39 is 5.91 Å². The van der Waals surface area contributed by atoms with E-state index in [1.54, 1.807) is 12.1 Å². The number of aromatic nitrogens is 5. The van der Waals surface area contributed by atoms with Gasteiger partial charge in [0.2, 0.25) is 17.4 Å². The average molecular weight is 502 g/mol. The van der Waals surface area contributed by atoms with Gasteiger partial charge in [0.05, 0.1) is 33.2 Å². The standard InChI is InChI=1S/C22H31N9O5/c1-6-10-30(11-7-2)13-15-17(25-29-31(15)21-20(23)27-36-28-21)22(32)26-24-12-14-8-9-16(33-3)19(35-5)18(14)34-4/h8-9,12H,6-7,10-11,13H2,1-5H3,(H2,23,27)(H,26,32)/b24-12-. The van der Waals surface area contributed by atoms with E-state index in [1.807, 2.05) is 0 Å². The minimum absolute atomic E-state index is 0.0317. The number of benzene rings is 1. The molecular weight excluding hydrogens is 470 g/mol. The van der Waals surface area contributed by atoms with Crippen LogP contribution in [0.5, 0.6) is 17.2 Å². The van der Waals surface area contributed by atoms with E-state index in [-0.39, 0.29) is 17.3 Å². The van der Waals surface area contributed by atoms with Crippen LogP contribution in [0.4, 0.5) is 5.82 Å². The van der Waals surface area contributed by atoms with E-state index in [2.05, 4.69) is 49.9 Å². The van der Waals surface area contributed by atoms with Crippen LogP contribution in [-0.4, -0.2) is 76.7 Å². The maximum absolute atomic E-state index is 13.1. The van der Waals surface area contributed by atoms with Crippen LogP contribution in [0, 0.1) is 0 Å². The number of nitrogens with two attached hydrogens (primary N) is 1. The number of ether oxygens (including phenoxy) is 3. The summed E-state index contributed by atoms with van der Waals surface area (Å²) in [5.41, 5.74) is 9.48. The first-order valence-electron chi connectivity index (χ1n) is 11.4. The zero-order valence-corrected chi connectivity index (χ0v) is 21.0. The number of hydrogen-bond donors (Lipinski definition) is 2. The number of carbonyl (C=O) groups is 1. The van der Waals surface area contributed by atoms with Crippen LogP contribution in [0.1, 0.15) is 48.4 Å². The van der Waals surface area contributed by atoms with Gasteiger partial charge >= 0.3 is 0 Å². The molecule has 0 saturated heterocycles. The van der Waals surface area contributed by atoms with Crippen LogP contribution in [-0.2, 0) is 6.54 Å². The highest BCUT2D eigenvalue weighted by molar-refractivity contribution is 5.94. The van der Waals surface area contributed by atoms with Crippen molar-refractivity contribution in [1.82, 2.24) is 35.6 Å². The Hall–Kier alpha value is -4.20. The van der Waals surface area contributed by atoms with Crippen molar-refractivity contribution >= 4 is 17.9 Å². The van der Waals surface area contributed by atoms with E-state index in [1.165, 1.54) is 32.2 Å². The first-order chi connectivity index (χ1) is 17.5. The summed E-state index contributed by atoms with van der Waals surface area (Å²) in [5.74, 6) is 0.945. The molecule has 14 nitrogen and oxygen atoms in total. The molecule has 0 aliphatic heterocycles. The summed E-state index contributed by atoms with van der Waals surface area (Å²) < 4.78 is 22.2. The lowest BCUT2D eigenvalue weighted by Crippen LogP contribution is -2.28. The summed E-state index contributed by atoms with van der Waals surface area (Å²) in [7, 11) is 4.53. The normalized spacial score (nSPS) is 11.3. The van der Waals surface area contributed by atoms with Crippen LogP contribution in [0.2, 0.25) is 0 Å². The maximum atomic E-state index is 13.1. The van der Waals surface area contributed by atoms with Gasteiger partial charge in [-0.05, 0) is 48.4 Å². The van der Waals surface area contributed by atoms with Gasteiger partial charge in [0, 0.05) is 12.1 Å². The van der Waals surface area contributed by atoms with Gasteiger partial charge in [0.25, 0.3) is 5.91 Å². The quantitative estimate of drug-likeness (QED) is 0.258. The summed E-state index contributed by atoms with van der Waals surface area (Å²) in [5, 5.41) is 19.6. The molecule has 0 unspecified atom stereocenters. The van der Waals surface area contributed by atoms with Gasteiger partial charge in [-0.3, -0.25) is 9.69 Å². The van der Waals surface area contributed by atoms with Crippen molar-refractivity contribution in [2.45, 2.75) is 33.2 Å². The second-order valence-corrected chi connectivity index (χ2v) is 7.67. The first-order valence-corrected chi connectivity index (χ1v) is 11.4. The topological polar surface area (TPSA) is 168 Å². The first kappa shape index (κ1) is 26.4. The minimum Gasteiger partial charge on any atom is -0.493 e. The Morgan fingerprint density at radius 3 is 2.44 bits per heavy atom. The highest BCUT2D eigenvalue weighted by Crippen LogP contribution is 2.38. The Balaban J connectivity index is 1.89. The largest absolute Gasteiger partial charge is 0.493 e. The Bertz CT molecular complexity index is 1180. The SMILES string of the molecule is CCCN(CCC)Cc1c(C(=O)N/N=C\c2ccc(OC)c(OC)c2OC)nnn1-c1nonc1N. The van der Waals surface area contributed by atoms with Crippen molar-refractivity contribution in [2.75, 3.05) is 40.2 Å². The summed E-state index contributed by atoms with van der Waals surface area (Å²) in [6.45, 7) is 6.20. The number of amides is 1. The van der Waals surface area contributed by atoms with Gasteiger partial charge < -0.3 is 19.9 Å². The monoisotopic (exact) mass is 501 g/mol. The van der Waals surface area contributed by atoms with Gasteiger partial charge in [-0.25, -0.2) is 10.1 Å². The lowest BCUT2D eigenvalue weighted by Gasteiger charge is -2.21. The second kappa shape index (κ2) is 12.5. The fraction of sp³-hybridized carbons (Fsp3) is 0.455. The minimum atomic E-state index is -0.560. The van der Waals surface area contributed by atoms with Gasteiger partial charge in [-0.15, -0.1) is 5.10 Å². The molecule has 3 N–H and O–H groups in total. The van der Waals surface area contributed by atoms with Crippen molar-refractivity contribution in [3.63, 3.8) is 0 Å². The molecule has 0 aliphatic rings. The van der Waals surface area contributed by atoms with Crippen LogP contribution in [0.25, 0.3) is 5.82 Å². The number of anilines is 1. The van der Waals surface area contributed by atoms with Crippen LogP contribution in [0.3, 0.4) is 0 Å². The number of methoxy groups -OCH3 is 3. The van der Waals surface area contributed by atoms with Gasteiger partial charge in [-0.1, -0.05) is 19.1 Å². The van der Waals surface area contributed by atoms with E-state index in [9.17, 15) is 4.79 Å². The smallest absolute Gasteiger partial charge is 0.293 e. The van der Waals surface area contributed by atoms with Crippen molar-refractivity contribution in [1.29, 1.82) is 0 Å². The van der Waals surface area contributed by atoms with Gasteiger partial charge in [-0.2, -0.15) is 9.78 Å². The van der Waals surface area contributed by atoms with E-state index in [0.717, 1.165) is 25.9 Å². The molecule has 0 radical (unpaired) electrons.